The van der Waals surface area contributed by atoms with Gasteiger partial charge in [0.2, 0.25) is 11.8 Å². The third kappa shape index (κ3) is 1.96. The summed E-state index contributed by atoms with van der Waals surface area (Å²) in [5.41, 5.74) is 10.3. The van der Waals surface area contributed by atoms with Gasteiger partial charge in [0, 0.05) is 11.8 Å². The predicted molar refractivity (Wildman–Crippen MR) is 43.8 cm³/mol. The highest BCUT2D eigenvalue weighted by Crippen LogP contribution is 2.28. The summed E-state index contributed by atoms with van der Waals surface area (Å²) in [5, 5.41) is 0. The van der Waals surface area contributed by atoms with Gasteiger partial charge in [-0.3, -0.25) is 9.59 Å². The predicted octanol–water partition coefficient (Wildman–Crippen LogP) is -0.237. The molecule has 1 aliphatic carbocycles. The number of hydrogen-bond donors (Lipinski definition) is 2. The minimum atomic E-state index is -0.305. The number of nitrogens with two attached hydrogens (primary N) is 2. The lowest BCUT2D eigenvalue weighted by Gasteiger charge is -2.24. The van der Waals surface area contributed by atoms with Crippen LogP contribution in [0.15, 0.2) is 0 Å². The zero-order valence-electron chi connectivity index (χ0n) is 6.95. The molecule has 4 heteroatoms. The number of amides is 2. The first kappa shape index (κ1) is 9.03. The Morgan fingerprint density at radius 2 is 1.42 bits per heavy atom. The normalized spacial score (nSPS) is 29.7. The van der Waals surface area contributed by atoms with Crippen molar-refractivity contribution in [2.45, 2.75) is 25.7 Å². The molecule has 0 unspecified atom stereocenters. The van der Waals surface area contributed by atoms with E-state index in [0.717, 1.165) is 19.3 Å². The Morgan fingerprint density at radius 3 is 1.75 bits per heavy atom. The van der Waals surface area contributed by atoms with Gasteiger partial charge >= 0.3 is 0 Å². The van der Waals surface area contributed by atoms with E-state index in [1.807, 2.05) is 0 Å². The molecule has 0 aliphatic heterocycles. The van der Waals surface area contributed by atoms with Crippen LogP contribution in [0, 0.1) is 11.8 Å². The van der Waals surface area contributed by atoms with E-state index in [-0.39, 0.29) is 23.7 Å². The summed E-state index contributed by atoms with van der Waals surface area (Å²) >= 11 is 0. The average molecular weight is 170 g/mol. The van der Waals surface area contributed by atoms with Crippen molar-refractivity contribution in [3.05, 3.63) is 0 Å². The zero-order chi connectivity index (χ0) is 9.14. The molecular weight excluding hydrogens is 156 g/mol. The molecule has 2 atom stereocenters. The molecule has 0 heterocycles. The first-order valence-electron chi connectivity index (χ1n) is 4.20. The highest BCUT2D eigenvalue weighted by molar-refractivity contribution is 5.80. The molecule has 1 fully saturated rings. The smallest absolute Gasteiger partial charge is 0.220 e. The van der Waals surface area contributed by atoms with E-state index in [2.05, 4.69) is 0 Å². The van der Waals surface area contributed by atoms with E-state index in [4.69, 9.17) is 11.5 Å². The van der Waals surface area contributed by atoms with Gasteiger partial charge in [-0.25, -0.2) is 0 Å². The topological polar surface area (TPSA) is 86.2 Å². The Bertz CT molecular complexity index is 183. The van der Waals surface area contributed by atoms with Crippen LogP contribution in [0.2, 0.25) is 0 Å². The second-order valence-corrected chi connectivity index (χ2v) is 3.37. The van der Waals surface area contributed by atoms with Crippen LogP contribution in [-0.4, -0.2) is 11.8 Å². The van der Waals surface area contributed by atoms with Crippen LogP contribution in [0.5, 0.6) is 0 Å². The molecule has 0 aromatic carbocycles. The zero-order valence-corrected chi connectivity index (χ0v) is 6.95. The lowest BCUT2D eigenvalue weighted by atomic mass is 9.81. The van der Waals surface area contributed by atoms with Crippen LogP contribution < -0.4 is 11.5 Å². The van der Waals surface area contributed by atoms with Gasteiger partial charge in [0.1, 0.15) is 0 Å². The van der Waals surface area contributed by atoms with E-state index < -0.39 is 0 Å². The Balaban J connectivity index is 2.51. The van der Waals surface area contributed by atoms with Crippen LogP contribution >= 0.6 is 0 Å². The Morgan fingerprint density at radius 1 is 1.00 bits per heavy atom. The van der Waals surface area contributed by atoms with E-state index in [9.17, 15) is 9.59 Å². The third-order valence-electron chi connectivity index (χ3n) is 2.48. The first-order chi connectivity index (χ1) is 5.61. The molecule has 1 rings (SSSR count). The van der Waals surface area contributed by atoms with E-state index in [1.165, 1.54) is 0 Å². The maximum atomic E-state index is 10.8. The third-order valence-corrected chi connectivity index (χ3v) is 2.48. The van der Waals surface area contributed by atoms with Gasteiger partial charge in [0.25, 0.3) is 0 Å². The van der Waals surface area contributed by atoms with Crippen LogP contribution in [0.1, 0.15) is 25.7 Å². The SMILES string of the molecule is NC(=O)[C@H]1CCC[C@H](C(N)=O)C1. The number of rotatable bonds is 2. The average Bonchev–Trinajstić information content (AvgIpc) is 2.04. The summed E-state index contributed by atoms with van der Waals surface area (Å²) in [6.45, 7) is 0. The van der Waals surface area contributed by atoms with Crippen molar-refractivity contribution >= 4 is 11.8 Å². The van der Waals surface area contributed by atoms with Crippen molar-refractivity contribution in [1.29, 1.82) is 0 Å². The van der Waals surface area contributed by atoms with Crippen LogP contribution in [-0.2, 0) is 9.59 Å². The molecule has 0 spiro atoms. The van der Waals surface area contributed by atoms with Crippen LogP contribution in [0.25, 0.3) is 0 Å². The summed E-state index contributed by atoms with van der Waals surface area (Å²) < 4.78 is 0. The van der Waals surface area contributed by atoms with Crippen molar-refractivity contribution < 1.29 is 9.59 Å². The fraction of sp³-hybridized carbons (Fsp3) is 0.750. The fourth-order valence-electron chi connectivity index (χ4n) is 1.71. The van der Waals surface area contributed by atoms with Gasteiger partial charge in [0.05, 0.1) is 0 Å². The molecule has 0 aromatic heterocycles. The largest absolute Gasteiger partial charge is 0.369 e. The summed E-state index contributed by atoms with van der Waals surface area (Å²) in [6.07, 6.45) is 3.03. The van der Waals surface area contributed by atoms with Crippen LogP contribution in [0.3, 0.4) is 0 Å². The molecule has 4 N–H and O–H groups in total. The van der Waals surface area contributed by atoms with E-state index in [0.29, 0.717) is 6.42 Å². The molecule has 0 radical (unpaired) electrons. The quantitative estimate of drug-likeness (QED) is 0.599. The molecule has 12 heavy (non-hydrogen) atoms. The molecule has 0 aromatic rings. The minimum absolute atomic E-state index is 0.142. The Labute approximate surface area is 71.3 Å². The summed E-state index contributed by atoms with van der Waals surface area (Å²) in [6, 6.07) is 0. The van der Waals surface area contributed by atoms with Crippen molar-refractivity contribution in [3.8, 4) is 0 Å². The molecule has 0 saturated heterocycles. The lowest BCUT2D eigenvalue weighted by Crippen LogP contribution is -2.34. The number of carbonyl (C=O) groups is 2. The second-order valence-electron chi connectivity index (χ2n) is 3.37. The molecule has 4 nitrogen and oxygen atoms in total. The number of hydrogen-bond acceptors (Lipinski definition) is 2. The standard InChI is InChI=1S/C8H14N2O2/c9-7(11)5-2-1-3-6(4-5)8(10)12/h5-6H,1-4H2,(H2,9,11)(H2,10,12)/t5-,6-/m0/s1. The van der Waals surface area contributed by atoms with Gasteiger partial charge in [-0.15, -0.1) is 0 Å². The van der Waals surface area contributed by atoms with Gasteiger partial charge in [-0.2, -0.15) is 0 Å². The minimum Gasteiger partial charge on any atom is -0.369 e. The van der Waals surface area contributed by atoms with Crippen molar-refractivity contribution in [2.75, 3.05) is 0 Å². The molecule has 1 saturated carbocycles. The van der Waals surface area contributed by atoms with Gasteiger partial charge in [0.15, 0.2) is 0 Å². The maximum absolute atomic E-state index is 10.8. The Kier molecular flexibility index (Phi) is 2.68. The highest BCUT2D eigenvalue weighted by Gasteiger charge is 2.28. The second kappa shape index (κ2) is 3.56. The van der Waals surface area contributed by atoms with Gasteiger partial charge in [-0.05, 0) is 19.3 Å². The molecule has 0 bridgehead atoms. The summed E-state index contributed by atoms with van der Waals surface area (Å²) in [7, 11) is 0. The van der Waals surface area contributed by atoms with Crippen molar-refractivity contribution in [2.24, 2.45) is 23.3 Å². The first-order valence-corrected chi connectivity index (χ1v) is 4.20. The molecular formula is C8H14N2O2. The molecule has 68 valence electrons. The fourth-order valence-corrected chi connectivity index (χ4v) is 1.71. The van der Waals surface area contributed by atoms with E-state index in [1.54, 1.807) is 0 Å². The summed E-state index contributed by atoms with van der Waals surface area (Å²) in [4.78, 5) is 21.6. The van der Waals surface area contributed by atoms with Gasteiger partial charge in [-0.1, -0.05) is 6.42 Å². The molecule has 2 amide bonds. The van der Waals surface area contributed by atoms with E-state index >= 15 is 0 Å². The molecule has 1 aliphatic rings. The monoisotopic (exact) mass is 170 g/mol. The highest BCUT2D eigenvalue weighted by atomic mass is 16.1. The van der Waals surface area contributed by atoms with Crippen LogP contribution in [0.4, 0.5) is 0 Å². The number of primary amides is 2. The van der Waals surface area contributed by atoms with Crippen molar-refractivity contribution in [1.82, 2.24) is 0 Å². The van der Waals surface area contributed by atoms with Crippen molar-refractivity contribution in [3.63, 3.8) is 0 Å². The number of carbonyl (C=O) groups excluding carboxylic acids is 2. The van der Waals surface area contributed by atoms with Gasteiger partial charge < -0.3 is 11.5 Å². The summed E-state index contributed by atoms with van der Waals surface area (Å²) in [5.74, 6) is -0.894. The lowest BCUT2D eigenvalue weighted by molar-refractivity contribution is -0.126. The maximum Gasteiger partial charge on any atom is 0.220 e. The Hall–Kier alpha value is -1.06.